The first kappa shape index (κ1) is 18.5. The van der Waals surface area contributed by atoms with Gasteiger partial charge in [-0.05, 0) is 43.7 Å². The molecule has 2 rings (SSSR count). The molecule has 0 aliphatic rings. The summed E-state index contributed by atoms with van der Waals surface area (Å²) in [6, 6.07) is 9.02. The lowest BCUT2D eigenvalue weighted by atomic mass is 10.2. The minimum absolute atomic E-state index is 0.154. The minimum atomic E-state index is -0.830. The number of carbonyl (C=O) groups is 1. The number of hydrogen-bond acceptors (Lipinski definition) is 5. The summed E-state index contributed by atoms with van der Waals surface area (Å²) in [4.78, 5) is 22.7. The minimum Gasteiger partial charge on any atom is -0.495 e. The fraction of sp³-hybridized carbons (Fsp3) is 0.235. The van der Waals surface area contributed by atoms with Gasteiger partial charge in [-0.1, -0.05) is 11.6 Å². The quantitative estimate of drug-likeness (QED) is 0.618. The molecule has 0 saturated heterocycles. The van der Waals surface area contributed by atoms with Crippen LogP contribution in [0.4, 0.5) is 11.4 Å². The van der Waals surface area contributed by atoms with Crippen LogP contribution in [0, 0.1) is 17.0 Å². The predicted octanol–water partition coefficient (Wildman–Crippen LogP) is 3.97. The van der Waals surface area contributed by atoms with E-state index in [1.54, 1.807) is 25.1 Å². The van der Waals surface area contributed by atoms with Gasteiger partial charge in [0.2, 0.25) is 0 Å². The van der Waals surface area contributed by atoms with E-state index in [1.165, 1.54) is 25.3 Å². The lowest BCUT2D eigenvalue weighted by Gasteiger charge is -2.17. The number of carbonyl (C=O) groups excluding carboxylic acids is 1. The van der Waals surface area contributed by atoms with E-state index >= 15 is 0 Å². The largest absolute Gasteiger partial charge is 0.495 e. The topological polar surface area (TPSA) is 90.7 Å². The highest BCUT2D eigenvalue weighted by Gasteiger charge is 2.19. The van der Waals surface area contributed by atoms with Crippen LogP contribution < -0.4 is 14.8 Å². The summed E-state index contributed by atoms with van der Waals surface area (Å²) in [5, 5.41) is 14.1. The molecule has 7 nitrogen and oxygen atoms in total. The van der Waals surface area contributed by atoms with Gasteiger partial charge in [0.15, 0.2) is 6.10 Å². The van der Waals surface area contributed by atoms with E-state index in [-0.39, 0.29) is 11.4 Å². The summed E-state index contributed by atoms with van der Waals surface area (Å²) in [6.07, 6.45) is -0.830. The molecular formula is C17H17ClN2O5. The Bertz CT molecular complexity index is 810. The van der Waals surface area contributed by atoms with Gasteiger partial charge in [0.05, 0.1) is 17.7 Å². The van der Waals surface area contributed by atoms with Gasteiger partial charge in [-0.15, -0.1) is 0 Å². The van der Waals surface area contributed by atoms with Crippen molar-refractivity contribution in [3.05, 3.63) is 57.1 Å². The molecule has 0 saturated carbocycles. The van der Waals surface area contributed by atoms with Crippen LogP contribution in [0.5, 0.6) is 11.5 Å². The first-order chi connectivity index (χ1) is 11.8. The molecule has 0 spiro atoms. The molecule has 2 aromatic rings. The maximum atomic E-state index is 12.4. The number of ether oxygens (including phenoxy) is 2. The summed E-state index contributed by atoms with van der Waals surface area (Å²) in [6.45, 7) is 3.39. The second kappa shape index (κ2) is 7.85. The zero-order chi connectivity index (χ0) is 18.6. The van der Waals surface area contributed by atoms with E-state index in [9.17, 15) is 14.9 Å². The molecule has 0 aromatic heterocycles. The van der Waals surface area contributed by atoms with E-state index < -0.39 is 16.9 Å². The normalized spacial score (nSPS) is 11.5. The number of rotatable bonds is 6. The summed E-state index contributed by atoms with van der Waals surface area (Å²) >= 11 is 5.89. The van der Waals surface area contributed by atoms with E-state index in [0.29, 0.717) is 16.5 Å². The molecular weight excluding hydrogens is 348 g/mol. The molecule has 2 aromatic carbocycles. The number of hydrogen-bond donors (Lipinski definition) is 1. The molecule has 25 heavy (non-hydrogen) atoms. The highest BCUT2D eigenvalue weighted by molar-refractivity contribution is 6.30. The number of anilines is 1. The van der Waals surface area contributed by atoms with Gasteiger partial charge in [0.1, 0.15) is 11.5 Å². The van der Waals surface area contributed by atoms with Crippen LogP contribution in [-0.2, 0) is 4.79 Å². The molecule has 0 unspecified atom stereocenters. The first-order valence-electron chi connectivity index (χ1n) is 7.38. The van der Waals surface area contributed by atoms with E-state index in [0.717, 1.165) is 5.56 Å². The predicted molar refractivity (Wildman–Crippen MR) is 94.6 cm³/mol. The zero-order valence-electron chi connectivity index (χ0n) is 13.9. The number of methoxy groups -OCH3 is 1. The highest BCUT2D eigenvalue weighted by atomic mass is 35.5. The molecule has 0 aliphatic carbocycles. The Morgan fingerprint density at radius 2 is 1.92 bits per heavy atom. The third kappa shape index (κ3) is 4.60. The smallest absolute Gasteiger partial charge is 0.271 e. The van der Waals surface area contributed by atoms with Crippen molar-refractivity contribution in [1.82, 2.24) is 0 Å². The lowest BCUT2D eigenvalue weighted by molar-refractivity contribution is -0.384. The molecule has 0 bridgehead atoms. The Hall–Kier alpha value is -2.80. The molecule has 0 radical (unpaired) electrons. The van der Waals surface area contributed by atoms with E-state index in [4.69, 9.17) is 21.1 Å². The summed E-state index contributed by atoms with van der Waals surface area (Å²) < 4.78 is 10.8. The zero-order valence-corrected chi connectivity index (χ0v) is 14.7. The van der Waals surface area contributed by atoms with Gasteiger partial charge in [-0.25, -0.2) is 0 Å². The SMILES string of the molecule is COc1ccc([N+](=O)[O-])cc1NC(=O)[C@@H](C)Oc1ccc(Cl)cc1C. The summed E-state index contributed by atoms with van der Waals surface area (Å²) in [5.41, 5.74) is 0.836. The second-order valence-corrected chi connectivity index (χ2v) is 5.74. The third-order valence-electron chi connectivity index (χ3n) is 3.46. The van der Waals surface area contributed by atoms with E-state index in [2.05, 4.69) is 5.32 Å². The summed E-state index contributed by atoms with van der Waals surface area (Å²) in [5.74, 6) is 0.375. The van der Waals surface area contributed by atoms with Crippen molar-refractivity contribution in [3.63, 3.8) is 0 Å². The van der Waals surface area contributed by atoms with Crippen LogP contribution in [0.25, 0.3) is 0 Å². The van der Waals surface area contributed by atoms with Crippen LogP contribution in [-0.4, -0.2) is 24.0 Å². The molecule has 8 heteroatoms. The van der Waals surface area contributed by atoms with Crippen molar-refractivity contribution in [2.45, 2.75) is 20.0 Å². The molecule has 0 heterocycles. The van der Waals surface area contributed by atoms with Gasteiger partial charge in [-0.2, -0.15) is 0 Å². The molecule has 132 valence electrons. The summed E-state index contributed by atoms with van der Waals surface area (Å²) in [7, 11) is 1.41. The molecule has 0 fully saturated rings. The maximum Gasteiger partial charge on any atom is 0.271 e. The fourth-order valence-electron chi connectivity index (χ4n) is 2.13. The number of non-ortho nitro benzene ring substituents is 1. The van der Waals surface area contributed by atoms with Crippen molar-refractivity contribution in [2.24, 2.45) is 0 Å². The van der Waals surface area contributed by atoms with Gasteiger partial charge in [0, 0.05) is 17.2 Å². The highest BCUT2D eigenvalue weighted by Crippen LogP contribution is 2.29. The second-order valence-electron chi connectivity index (χ2n) is 5.30. The monoisotopic (exact) mass is 364 g/mol. The molecule has 1 atom stereocenters. The van der Waals surface area contributed by atoms with Crippen LogP contribution in [0.2, 0.25) is 5.02 Å². The standard InChI is InChI=1S/C17H17ClN2O5/c1-10-8-12(18)4-6-15(10)25-11(2)17(21)19-14-9-13(20(22)23)5-7-16(14)24-3/h4-9,11H,1-3H3,(H,19,21)/t11-/m1/s1. The Kier molecular flexibility index (Phi) is 5.82. The molecule has 0 aliphatic heterocycles. The van der Waals surface area contributed by atoms with Crippen molar-refractivity contribution in [2.75, 3.05) is 12.4 Å². The van der Waals surface area contributed by atoms with Gasteiger partial charge < -0.3 is 14.8 Å². The fourth-order valence-corrected chi connectivity index (χ4v) is 2.36. The number of halogens is 1. The Labute approximate surface area is 149 Å². The Morgan fingerprint density at radius 1 is 1.24 bits per heavy atom. The maximum absolute atomic E-state index is 12.4. The molecule has 1 amide bonds. The first-order valence-corrected chi connectivity index (χ1v) is 7.75. The van der Waals surface area contributed by atoms with Crippen molar-refractivity contribution in [1.29, 1.82) is 0 Å². The Balaban J connectivity index is 2.15. The van der Waals surface area contributed by atoms with Crippen molar-refractivity contribution >= 4 is 28.9 Å². The average molecular weight is 365 g/mol. The number of amides is 1. The van der Waals surface area contributed by atoms with Crippen molar-refractivity contribution in [3.8, 4) is 11.5 Å². The lowest BCUT2D eigenvalue weighted by Crippen LogP contribution is -2.30. The number of nitro benzene ring substituents is 1. The average Bonchev–Trinajstić information content (AvgIpc) is 2.57. The van der Waals surface area contributed by atoms with E-state index in [1.807, 2.05) is 6.92 Å². The van der Waals surface area contributed by atoms with Crippen LogP contribution in [0.3, 0.4) is 0 Å². The van der Waals surface area contributed by atoms with Crippen LogP contribution in [0.1, 0.15) is 12.5 Å². The number of nitro groups is 1. The van der Waals surface area contributed by atoms with Gasteiger partial charge >= 0.3 is 0 Å². The molecule has 1 N–H and O–H groups in total. The number of nitrogens with one attached hydrogen (secondary N) is 1. The number of aryl methyl sites for hydroxylation is 1. The van der Waals surface area contributed by atoms with Crippen LogP contribution >= 0.6 is 11.6 Å². The van der Waals surface area contributed by atoms with Gasteiger partial charge in [0.25, 0.3) is 11.6 Å². The third-order valence-corrected chi connectivity index (χ3v) is 3.70. The van der Waals surface area contributed by atoms with Crippen molar-refractivity contribution < 1.29 is 19.2 Å². The van der Waals surface area contributed by atoms with Gasteiger partial charge in [-0.3, -0.25) is 14.9 Å². The Morgan fingerprint density at radius 3 is 2.52 bits per heavy atom. The van der Waals surface area contributed by atoms with Crippen LogP contribution in [0.15, 0.2) is 36.4 Å². The number of nitrogens with zero attached hydrogens (tertiary/aromatic N) is 1. The number of benzene rings is 2.